The number of epoxide rings is 1. The molecule has 1 aromatic rings. The second-order valence-corrected chi connectivity index (χ2v) is 3.72. The number of benzene rings is 1. The van der Waals surface area contributed by atoms with Crippen molar-refractivity contribution in [1.29, 1.82) is 0 Å². The highest BCUT2D eigenvalue weighted by Crippen LogP contribution is 2.24. The summed E-state index contributed by atoms with van der Waals surface area (Å²) in [6.07, 6.45) is 0.0483. The van der Waals surface area contributed by atoms with Gasteiger partial charge in [-0.3, -0.25) is 14.5 Å². The maximum absolute atomic E-state index is 11.8. The molecule has 0 radical (unpaired) electrons. The smallest absolute Gasteiger partial charge is 0.261 e. The number of hydrogen-bond acceptors (Lipinski definition) is 3. The number of carbonyl (C=O) groups is 2. The van der Waals surface area contributed by atoms with E-state index in [1.165, 1.54) is 4.90 Å². The molecule has 0 aromatic heterocycles. The number of rotatable bonds is 2. The Morgan fingerprint density at radius 1 is 1.20 bits per heavy atom. The number of fused-ring (bicyclic) bond motifs is 1. The van der Waals surface area contributed by atoms with Crippen LogP contribution in [0.5, 0.6) is 0 Å². The maximum Gasteiger partial charge on any atom is 0.261 e. The van der Waals surface area contributed by atoms with Crippen molar-refractivity contribution in [3.05, 3.63) is 35.4 Å². The van der Waals surface area contributed by atoms with Gasteiger partial charge in [0.15, 0.2) is 0 Å². The van der Waals surface area contributed by atoms with E-state index in [4.69, 9.17) is 4.74 Å². The Morgan fingerprint density at radius 3 is 2.20 bits per heavy atom. The topological polar surface area (TPSA) is 49.9 Å². The van der Waals surface area contributed by atoms with Gasteiger partial charge in [0, 0.05) is 0 Å². The molecule has 0 bridgehead atoms. The number of carbonyl (C=O) groups excluding carboxylic acids is 2. The number of ether oxygens (including phenoxy) is 1. The fraction of sp³-hybridized carbons (Fsp3) is 0.273. The van der Waals surface area contributed by atoms with Crippen LogP contribution in [0.4, 0.5) is 0 Å². The second kappa shape index (κ2) is 2.90. The highest BCUT2D eigenvalue weighted by Gasteiger charge is 2.38. The average molecular weight is 203 g/mol. The summed E-state index contributed by atoms with van der Waals surface area (Å²) < 4.78 is 5.02. The SMILES string of the molecule is O=C1c2ccccc2C(=O)N1CC1CO1. The summed E-state index contributed by atoms with van der Waals surface area (Å²) in [5, 5.41) is 0. The van der Waals surface area contributed by atoms with Crippen LogP contribution >= 0.6 is 0 Å². The summed E-state index contributed by atoms with van der Waals surface area (Å²) in [5.74, 6) is -0.405. The molecule has 0 aliphatic carbocycles. The lowest BCUT2D eigenvalue weighted by Gasteiger charge is -2.10. The first-order valence-corrected chi connectivity index (χ1v) is 4.84. The lowest BCUT2D eigenvalue weighted by atomic mass is 10.1. The minimum atomic E-state index is -0.203. The monoisotopic (exact) mass is 203 g/mol. The third-order valence-electron chi connectivity index (χ3n) is 2.67. The molecule has 1 fully saturated rings. The van der Waals surface area contributed by atoms with Gasteiger partial charge in [0.2, 0.25) is 0 Å². The molecule has 1 atom stereocenters. The summed E-state index contributed by atoms with van der Waals surface area (Å²) in [6, 6.07) is 6.90. The predicted octanol–water partition coefficient (Wildman–Crippen LogP) is 0.681. The molecule has 1 unspecified atom stereocenters. The lowest BCUT2D eigenvalue weighted by molar-refractivity contribution is 0.0642. The van der Waals surface area contributed by atoms with E-state index in [1.807, 2.05) is 0 Å². The van der Waals surface area contributed by atoms with Crippen molar-refractivity contribution in [2.75, 3.05) is 13.2 Å². The van der Waals surface area contributed by atoms with Crippen molar-refractivity contribution in [3.8, 4) is 0 Å². The minimum absolute atomic E-state index is 0.0483. The van der Waals surface area contributed by atoms with Gasteiger partial charge in [-0.1, -0.05) is 12.1 Å². The van der Waals surface area contributed by atoms with Gasteiger partial charge in [0.1, 0.15) is 0 Å². The van der Waals surface area contributed by atoms with E-state index in [-0.39, 0.29) is 17.9 Å². The molecule has 2 aliphatic heterocycles. The van der Waals surface area contributed by atoms with Gasteiger partial charge in [-0.15, -0.1) is 0 Å². The van der Waals surface area contributed by atoms with Crippen molar-refractivity contribution in [2.45, 2.75) is 6.10 Å². The zero-order chi connectivity index (χ0) is 10.4. The Kier molecular flexibility index (Phi) is 1.67. The van der Waals surface area contributed by atoms with Crippen molar-refractivity contribution in [2.24, 2.45) is 0 Å². The van der Waals surface area contributed by atoms with Crippen LogP contribution in [0.3, 0.4) is 0 Å². The highest BCUT2D eigenvalue weighted by molar-refractivity contribution is 6.21. The lowest BCUT2D eigenvalue weighted by Crippen LogP contribution is -2.33. The van der Waals surface area contributed by atoms with Crippen LogP contribution in [0, 0.1) is 0 Å². The molecule has 76 valence electrons. The number of imide groups is 1. The maximum atomic E-state index is 11.8. The molecule has 0 N–H and O–H groups in total. The van der Waals surface area contributed by atoms with Crippen LogP contribution in [0.25, 0.3) is 0 Å². The molecule has 1 saturated heterocycles. The van der Waals surface area contributed by atoms with Gasteiger partial charge in [-0.05, 0) is 12.1 Å². The summed E-state index contributed by atoms with van der Waals surface area (Å²) in [7, 11) is 0. The van der Waals surface area contributed by atoms with Crippen LogP contribution in [-0.4, -0.2) is 36.0 Å². The first kappa shape index (κ1) is 8.61. The Hall–Kier alpha value is -1.68. The summed E-state index contributed by atoms with van der Waals surface area (Å²) in [5.41, 5.74) is 1.01. The quantitative estimate of drug-likeness (QED) is 0.524. The van der Waals surface area contributed by atoms with Crippen LogP contribution < -0.4 is 0 Å². The van der Waals surface area contributed by atoms with Gasteiger partial charge >= 0.3 is 0 Å². The largest absolute Gasteiger partial charge is 0.371 e. The Labute approximate surface area is 86.4 Å². The van der Waals surface area contributed by atoms with E-state index in [1.54, 1.807) is 24.3 Å². The van der Waals surface area contributed by atoms with Crippen LogP contribution in [0.2, 0.25) is 0 Å². The van der Waals surface area contributed by atoms with Crippen LogP contribution in [0.1, 0.15) is 20.7 Å². The first-order valence-electron chi connectivity index (χ1n) is 4.84. The van der Waals surface area contributed by atoms with E-state index in [0.29, 0.717) is 24.3 Å². The van der Waals surface area contributed by atoms with Gasteiger partial charge < -0.3 is 4.74 Å². The molecule has 15 heavy (non-hydrogen) atoms. The molecule has 2 amide bonds. The highest BCUT2D eigenvalue weighted by atomic mass is 16.6. The van der Waals surface area contributed by atoms with E-state index >= 15 is 0 Å². The van der Waals surface area contributed by atoms with E-state index in [9.17, 15) is 9.59 Å². The molecular formula is C11H9NO3. The van der Waals surface area contributed by atoms with E-state index in [0.717, 1.165) is 0 Å². The van der Waals surface area contributed by atoms with Crippen molar-refractivity contribution in [3.63, 3.8) is 0 Å². The zero-order valence-corrected chi connectivity index (χ0v) is 7.97. The molecule has 0 saturated carbocycles. The fourth-order valence-corrected chi connectivity index (χ4v) is 1.78. The van der Waals surface area contributed by atoms with Gasteiger partial charge in [-0.25, -0.2) is 0 Å². The fourth-order valence-electron chi connectivity index (χ4n) is 1.78. The molecular weight excluding hydrogens is 194 g/mol. The Morgan fingerprint density at radius 2 is 1.73 bits per heavy atom. The van der Waals surface area contributed by atoms with E-state index < -0.39 is 0 Å². The van der Waals surface area contributed by atoms with Crippen LogP contribution in [0.15, 0.2) is 24.3 Å². The molecule has 4 heteroatoms. The third kappa shape index (κ3) is 1.26. The van der Waals surface area contributed by atoms with Crippen LogP contribution in [-0.2, 0) is 4.74 Å². The molecule has 3 rings (SSSR count). The Balaban J connectivity index is 1.96. The van der Waals surface area contributed by atoms with Crippen molar-refractivity contribution < 1.29 is 14.3 Å². The number of hydrogen-bond donors (Lipinski definition) is 0. The zero-order valence-electron chi connectivity index (χ0n) is 7.97. The van der Waals surface area contributed by atoms with Gasteiger partial charge in [-0.2, -0.15) is 0 Å². The van der Waals surface area contributed by atoms with Crippen molar-refractivity contribution in [1.82, 2.24) is 4.90 Å². The molecule has 2 heterocycles. The van der Waals surface area contributed by atoms with E-state index in [2.05, 4.69) is 0 Å². The normalized spacial score (nSPS) is 23.2. The van der Waals surface area contributed by atoms with Crippen molar-refractivity contribution >= 4 is 11.8 Å². The summed E-state index contributed by atoms with van der Waals surface area (Å²) in [4.78, 5) is 24.9. The molecule has 0 spiro atoms. The number of amides is 2. The molecule has 4 nitrogen and oxygen atoms in total. The summed E-state index contributed by atoms with van der Waals surface area (Å²) >= 11 is 0. The Bertz CT molecular complexity index is 416. The van der Waals surface area contributed by atoms with Gasteiger partial charge in [0.25, 0.3) is 11.8 Å². The number of nitrogens with zero attached hydrogens (tertiary/aromatic N) is 1. The summed E-state index contributed by atoms with van der Waals surface area (Å²) in [6.45, 7) is 1.03. The molecule has 1 aromatic carbocycles. The first-order chi connectivity index (χ1) is 7.27. The minimum Gasteiger partial charge on any atom is -0.371 e. The second-order valence-electron chi connectivity index (χ2n) is 3.72. The molecule has 2 aliphatic rings. The average Bonchev–Trinajstić information content (AvgIpc) is 3.04. The third-order valence-corrected chi connectivity index (χ3v) is 2.67. The predicted molar refractivity (Wildman–Crippen MR) is 51.5 cm³/mol. The standard InChI is InChI=1S/C11H9NO3/c13-10-8-3-1-2-4-9(8)11(14)12(10)5-7-6-15-7/h1-4,7H,5-6H2. The van der Waals surface area contributed by atoms with Gasteiger partial charge in [0.05, 0.1) is 30.4 Å².